The Morgan fingerprint density at radius 3 is 2.92 bits per heavy atom. The van der Waals surface area contributed by atoms with Gasteiger partial charge in [0.1, 0.15) is 5.75 Å². The van der Waals surface area contributed by atoms with Crippen LogP contribution < -0.4 is 5.73 Å². The summed E-state index contributed by atoms with van der Waals surface area (Å²) in [6.07, 6.45) is 0. The third kappa shape index (κ3) is 0.940. The largest absolute Gasteiger partial charge is 0.505 e. The van der Waals surface area contributed by atoms with Crippen LogP contribution in [0.1, 0.15) is 4.88 Å². The lowest BCUT2D eigenvalue weighted by Crippen LogP contribution is -1.83. The summed E-state index contributed by atoms with van der Waals surface area (Å²) in [5.41, 5.74) is 5.99. The molecule has 12 heavy (non-hydrogen) atoms. The number of nitrogens with two attached hydrogens (primary N) is 1. The zero-order chi connectivity index (χ0) is 8.72. The number of hydrogen-bond donors (Lipinski definition) is 2. The number of phenolic OH excluding ortho intramolecular Hbond substituents is 1. The van der Waals surface area contributed by atoms with Crippen molar-refractivity contribution in [3.8, 4) is 5.75 Å². The molecule has 0 spiro atoms. The molecule has 0 unspecified atom stereocenters. The average Bonchev–Trinajstić information content (AvgIpc) is 2.39. The highest BCUT2D eigenvalue weighted by atomic mass is 32.1. The van der Waals surface area contributed by atoms with Crippen LogP contribution in [0.25, 0.3) is 10.1 Å². The summed E-state index contributed by atoms with van der Waals surface area (Å²) in [5.74, 6) is 0.205. The first-order chi connectivity index (χ1) is 5.68. The minimum absolute atomic E-state index is 0.205. The molecule has 2 aromatic rings. The van der Waals surface area contributed by atoms with Crippen molar-refractivity contribution >= 4 is 27.1 Å². The maximum Gasteiger partial charge on any atom is 0.147 e. The predicted molar refractivity (Wildman–Crippen MR) is 52.6 cm³/mol. The van der Waals surface area contributed by atoms with E-state index < -0.39 is 0 Å². The molecule has 3 N–H and O–H groups in total. The van der Waals surface area contributed by atoms with Gasteiger partial charge < -0.3 is 10.8 Å². The minimum Gasteiger partial charge on any atom is -0.505 e. The van der Waals surface area contributed by atoms with Crippen molar-refractivity contribution in [3.05, 3.63) is 23.1 Å². The number of fused-ring (bicyclic) bond motifs is 1. The molecule has 0 aliphatic heterocycles. The topological polar surface area (TPSA) is 46.2 Å². The monoisotopic (exact) mass is 179 g/mol. The third-order valence-corrected chi connectivity index (χ3v) is 2.84. The fraction of sp³-hybridized carbons (Fsp3) is 0.111. The molecule has 3 heteroatoms. The summed E-state index contributed by atoms with van der Waals surface area (Å²) >= 11 is 1.66. The van der Waals surface area contributed by atoms with Gasteiger partial charge in [-0.3, -0.25) is 0 Å². The summed E-state index contributed by atoms with van der Waals surface area (Å²) in [6.45, 7) is 2.01. The second-order valence-electron chi connectivity index (χ2n) is 2.77. The van der Waals surface area contributed by atoms with Gasteiger partial charge in [-0.1, -0.05) is 0 Å². The highest BCUT2D eigenvalue weighted by Crippen LogP contribution is 2.35. The highest BCUT2D eigenvalue weighted by Gasteiger charge is 2.05. The van der Waals surface area contributed by atoms with Gasteiger partial charge in [0.2, 0.25) is 0 Å². The number of nitrogen functional groups attached to an aromatic ring is 1. The fourth-order valence-corrected chi connectivity index (χ4v) is 2.17. The lowest BCUT2D eigenvalue weighted by Gasteiger charge is -1.97. The van der Waals surface area contributed by atoms with Crippen molar-refractivity contribution in [3.63, 3.8) is 0 Å². The second kappa shape index (κ2) is 2.38. The average molecular weight is 179 g/mol. The van der Waals surface area contributed by atoms with Crippen LogP contribution in [0.5, 0.6) is 5.75 Å². The third-order valence-electron chi connectivity index (χ3n) is 1.83. The summed E-state index contributed by atoms with van der Waals surface area (Å²) in [4.78, 5) is 1.19. The SMILES string of the molecule is Cc1cc2c(O)c(N)ccc2s1. The molecule has 0 atom stereocenters. The van der Waals surface area contributed by atoms with Gasteiger partial charge in [-0.25, -0.2) is 0 Å². The number of aryl methyl sites for hydroxylation is 1. The van der Waals surface area contributed by atoms with Gasteiger partial charge in [-0.2, -0.15) is 0 Å². The lowest BCUT2D eigenvalue weighted by molar-refractivity contribution is 0.484. The van der Waals surface area contributed by atoms with Crippen LogP contribution in [-0.4, -0.2) is 5.11 Å². The molecule has 1 aromatic carbocycles. The first kappa shape index (κ1) is 7.43. The van der Waals surface area contributed by atoms with Gasteiger partial charge in [0.15, 0.2) is 0 Å². The quantitative estimate of drug-likeness (QED) is 0.482. The molecular weight excluding hydrogens is 170 g/mol. The Labute approximate surface area is 74.3 Å². The maximum atomic E-state index is 9.55. The van der Waals surface area contributed by atoms with E-state index in [9.17, 15) is 5.11 Å². The van der Waals surface area contributed by atoms with Crippen molar-refractivity contribution in [1.82, 2.24) is 0 Å². The van der Waals surface area contributed by atoms with Gasteiger partial charge in [-0.05, 0) is 25.1 Å². The molecule has 2 nitrogen and oxygen atoms in total. The molecule has 0 aliphatic rings. The van der Waals surface area contributed by atoms with Gasteiger partial charge in [0.05, 0.1) is 5.69 Å². The van der Waals surface area contributed by atoms with Gasteiger partial charge in [0.25, 0.3) is 0 Å². The first-order valence-corrected chi connectivity index (χ1v) is 4.48. The van der Waals surface area contributed by atoms with Crippen LogP contribution in [0.4, 0.5) is 5.69 Å². The zero-order valence-electron chi connectivity index (χ0n) is 6.66. The van der Waals surface area contributed by atoms with E-state index in [1.165, 1.54) is 4.88 Å². The number of phenols is 1. The first-order valence-electron chi connectivity index (χ1n) is 3.66. The van der Waals surface area contributed by atoms with Crippen LogP contribution in [-0.2, 0) is 0 Å². The molecule has 0 radical (unpaired) electrons. The molecule has 62 valence electrons. The van der Waals surface area contributed by atoms with E-state index in [-0.39, 0.29) is 5.75 Å². The molecule has 0 fully saturated rings. The van der Waals surface area contributed by atoms with Crippen molar-refractivity contribution in [1.29, 1.82) is 0 Å². The fourth-order valence-electron chi connectivity index (χ4n) is 1.24. The van der Waals surface area contributed by atoms with E-state index in [2.05, 4.69) is 0 Å². The number of aromatic hydroxyl groups is 1. The van der Waals surface area contributed by atoms with E-state index in [0.29, 0.717) is 5.69 Å². The van der Waals surface area contributed by atoms with Crippen molar-refractivity contribution in [2.75, 3.05) is 5.73 Å². The van der Waals surface area contributed by atoms with Crippen LogP contribution >= 0.6 is 11.3 Å². The van der Waals surface area contributed by atoms with Gasteiger partial charge in [-0.15, -0.1) is 11.3 Å². The van der Waals surface area contributed by atoms with E-state index in [4.69, 9.17) is 5.73 Å². The number of rotatable bonds is 0. The van der Waals surface area contributed by atoms with Crippen LogP contribution in [0.15, 0.2) is 18.2 Å². The maximum absolute atomic E-state index is 9.55. The van der Waals surface area contributed by atoms with Gasteiger partial charge >= 0.3 is 0 Å². The van der Waals surface area contributed by atoms with E-state index in [1.54, 1.807) is 17.4 Å². The molecule has 0 amide bonds. The standard InChI is InChI=1S/C9H9NOS/c1-5-4-6-8(12-5)3-2-7(10)9(6)11/h2-4,11H,10H2,1H3. The van der Waals surface area contributed by atoms with Crippen molar-refractivity contribution in [2.24, 2.45) is 0 Å². The number of benzene rings is 1. The Hall–Kier alpha value is -1.22. The number of anilines is 1. The molecular formula is C9H9NOS. The molecule has 0 aliphatic carbocycles. The smallest absolute Gasteiger partial charge is 0.147 e. The molecule has 0 saturated heterocycles. The van der Waals surface area contributed by atoms with E-state index in [0.717, 1.165) is 10.1 Å². The van der Waals surface area contributed by atoms with Gasteiger partial charge in [0, 0.05) is 15.0 Å². The second-order valence-corrected chi connectivity index (χ2v) is 4.06. The normalized spacial score (nSPS) is 10.8. The Morgan fingerprint density at radius 2 is 2.17 bits per heavy atom. The van der Waals surface area contributed by atoms with Crippen molar-refractivity contribution < 1.29 is 5.11 Å². The molecule has 0 saturated carbocycles. The summed E-state index contributed by atoms with van der Waals surface area (Å²) < 4.78 is 1.08. The number of hydrogen-bond acceptors (Lipinski definition) is 3. The van der Waals surface area contributed by atoms with E-state index >= 15 is 0 Å². The Morgan fingerprint density at radius 1 is 1.42 bits per heavy atom. The lowest BCUT2D eigenvalue weighted by atomic mass is 10.2. The molecule has 0 bridgehead atoms. The summed E-state index contributed by atoms with van der Waals surface area (Å²) in [5, 5.41) is 10.4. The van der Waals surface area contributed by atoms with Crippen LogP contribution in [0.2, 0.25) is 0 Å². The summed E-state index contributed by atoms with van der Waals surface area (Å²) in [6, 6.07) is 5.61. The highest BCUT2D eigenvalue weighted by molar-refractivity contribution is 7.19. The Balaban J connectivity index is 2.89. The Bertz CT molecular complexity index is 433. The zero-order valence-corrected chi connectivity index (χ0v) is 7.48. The summed E-state index contributed by atoms with van der Waals surface area (Å²) in [7, 11) is 0. The Kier molecular flexibility index (Phi) is 1.48. The van der Waals surface area contributed by atoms with E-state index in [1.807, 2.05) is 19.1 Å². The van der Waals surface area contributed by atoms with Crippen LogP contribution in [0, 0.1) is 6.92 Å². The molecule has 1 aromatic heterocycles. The predicted octanol–water partition coefficient (Wildman–Crippen LogP) is 2.50. The minimum atomic E-state index is 0.205. The number of thiophene rings is 1. The van der Waals surface area contributed by atoms with Crippen LogP contribution in [0.3, 0.4) is 0 Å². The van der Waals surface area contributed by atoms with Crippen molar-refractivity contribution in [2.45, 2.75) is 6.92 Å². The molecule has 2 rings (SSSR count). The molecule has 1 heterocycles.